The normalized spacial score (nSPS) is 16.0. The minimum absolute atomic E-state index is 0.0255. The summed E-state index contributed by atoms with van der Waals surface area (Å²) < 4.78 is 5.23. The van der Waals surface area contributed by atoms with Crippen molar-refractivity contribution in [3.8, 4) is 0 Å². The summed E-state index contributed by atoms with van der Waals surface area (Å²) in [5, 5.41) is 2.84. The Bertz CT molecular complexity index is 676. The zero-order valence-corrected chi connectivity index (χ0v) is 16.1. The molecule has 0 aliphatic carbocycles. The summed E-state index contributed by atoms with van der Waals surface area (Å²) in [5.41, 5.74) is 3.79. The third-order valence-electron chi connectivity index (χ3n) is 4.59. The summed E-state index contributed by atoms with van der Waals surface area (Å²) in [4.78, 5) is 38.0. The highest BCUT2D eigenvalue weighted by Gasteiger charge is 2.23. The Labute approximate surface area is 154 Å². The third kappa shape index (κ3) is 5.31. The zero-order valence-electron chi connectivity index (χ0n) is 16.1. The maximum absolute atomic E-state index is 12.4. The number of rotatable bonds is 5. The molecule has 142 valence electrons. The van der Waals surface area contributed by atoms with Gasteiger partial charge in [-0.2, -0.15) is 0 Å². The van der Waals surface area contributed by atoms with E-state index in [2.05, 4.69) is 5.32 Å². The van der Waals surface area contributed by atoms with Gasteiger partial charge in [-0.15, -0.1) is 0 Å². The second-order valence-electron chi connectivity index (χ2n) is 7.02. The molecule has 6 heteroatoms. The molecule has 1 aliphatic heterocycles. The van der Waals surface area contributed by atoms with Gasteiger partial charge >= 0.3 is 5.97 Å². The van der Waals surface area contributed by atoms with E-state index in [0.717, 1.165) is 41.6 Å². The lowest BCUT2D eigenvalue weighted by Gasteiger charge is -2.21. The molecule has 1 aromatic carbocycles. The second-order valence-corrected chi connectivity index (χ2v) is 7.02. The Balaban J connectivity index is 1.92. The Morgan fingerprint density at radius 3 is 2.46 bits per heavy atom. The number of amides is 2. The molecule has 1 heterocycles. The zero-order chi connectivity index (χ0) is 19.3. The van der Waals surface area contributed by atoms with Crippen molar-refractivity contribution in [3.05, 3.63) is 28.8 Å². The fourth-order valence-corrected chi connectivity index (χ4v) is 3.25. The van der Waals surface area contributed by atoms with E-state index in [-0.39, 0.29) is 18.4 Å². The number of anilines is 1. The van der Waals surface area contributed by atoms with E-state index in [4.69, 9.17) is 4.74 Å². The number of nitrogens with zero attached hydrogens (tertiary/aromatic N) is 1. The summed E-state index contributed by atoms with van der Waals surface area (Å²) in [6.45, 7) is 7.86. The monoisotopic (exact) mass is 360 g/mol. The molecule has 1 aromatic rings. The highest BCUT2D eigenvalue weighted by molar-refractivity contribution is 5.96. The molecule has 0 aromatic heterocycles. The average Bonchev–Trinajstić information content (AvgIpc) is 2.75. The van der Waals surface area contributed by atoms with Crippen LogP contribution in [0.2, 0.25) is 0 Å². The van der Waals surface area contributed by atoms with Gasteiger partial charge in [0.2, 0.25) is 5.91 Å². The lowest BCUT2D eigenvalue weighted by molar-refractivity contribution is -0.156. The molecular formula is C20H28N2O4. The first kappa shape index (κ1) is 19.9. The SMILES string of the molecule is Cc1cc(C)c(NC(=O)[C@@H](C)OC(=O)CN2CCCCCC2=O)c(C)c1. The summed E-state index contributed by atoms with van der Waals surface area (Å²) in [7, 11) is 0. The minimum Gasteiger partial charge on any atom is -0.451 e. The molecule has 0 saturated carbocycles. The number of ether oxygens (including phenoxy) is 1. The van der Waals surface area contributed by atoms with Crippen LogP contribution in [0.5, 0.6) is 0 Å². The van der Waals surface area contributed by atoms with Crippen molar-refractivity contribution in [2.45, 2.75) is 59.5 Å². The summed E-state index contributed by atoms with van der Waals surface area (Å²) >= 11 is 0. The largest absolute Gasteiger partial charge is 0.451 e. The van der Waals surface area contributed by atoms with Gasteiger partial charge in [-0.3, -0.25) is 14.4 Å². The van der Waals surface area contributed by atoms with Gasteiger partial charge < -0.3 is 15.0 Å². The summed E-state index contributed by atoms with van der Waals surface area (Å²) in [6.07, 6.45) is 2.28. The fraction of sp³-hybridized carbons (Fsp3) is 0.550. The molecule has 6 nitrogen and oxygen atoms in total. The van der Waals surface area contributed by atoms with E-state index in [0.29, 0.717) is 13.0 Å². The number of aryl methyl sites for hydroxylation is 3. The molecule has 1 saturated heterocycles. The molecule has 1 fully saturated rings. The van der Waals surface area contributed by atoms with Crippen molar-refractivity contribution in [3.63, 3.8) is 0 Å². The van der Waals surface area contributed by atoms with Crippen molar-refractivity contribution in [1.29, 1.82) is 0 Å². The van der Waals surface area contributed by atoms with E-state index >= 15 is 0 Å². The van der Waals surface area contributed by atoms with E-state index in [1.807, 2.05) is 32.9 Å². The predicted octanol–water partition coefficient (Wildman–Crippen LogP) is 2.88. The number of hydrogen-bond donors (Lipinski definition) is 1. The topological polar surface area (TPSA) is 75.7 Å². The van der Waals surface area contributed by atoms with Gasteiger partial charge in [0.05, 0.1) is 0 Å². The number of likely N-dealkylation sites (tertiary alicyclic amines) is 1. The number of carbonyl (C=O) groups excluding carboxylic acids is 3. The van der Waals surface area contributed by atoms with Crippen molar-refractivity contribution in [2.24, 2.45) is 0 Å². The predicted molar refractivity (Wildman–Crippen MR) is 99.9 cm³/mol. The summed E-state index contributed by atoms with van der Waals surface area (Å²) in [6, 6.07) is 3.98. The van der Waals surface area contributed by atoms with Crippen LogP contribution in [0.4, 0.5) is 5.69 Å². The first-order valence-corrected chi connectivity index (χ1v) is 9.14. The van der Waals surface area contributed by atoms with Gasteiger partial charge in [0, 0.05) is 18.7 Å². The standard InChI is InChI=1S/C20H28N2O4/c1-13-10-14(2)19(15(3)11-13)21-20(25)16(4)26-18(24)12-22-9-7-5-6-8-17(22)23/h10-11,16H,5-9,12H2,1-4H3,(H,21,25)/t16-/m1/s1. The van der Waals surface area contributed by atoms with Gasteiger partial charge in [0.25, 0.3) is 5.91 Å². The number of esters is 1. The highest BCUT2D eigenvalue weighted by atomic mass is 16.5. The Morgan fingerprint density at radius 1 is 1.15 bits per heavy atom. The molecule has 1 aliphatic rings. The van der Waals surface area contributed by atoms with Gasteiger partial charge in [-0.05, 0) is 51.7 Å². The van der Waals surface area contributed by atoms with Crippen molar-refractivity contribution >= 4 is 23.5 Å². The van der Waals surface area contributed by atoms with Crippen LogP contribution in [0.1, 0.15) is 49.3 Å². The summed E-state index contributed by atoms with van der Waals surface area (Å²) in [5.74, 6) is -0.960. The molecular weight excluding hydrogens is 332 g/mol. The molecule has 0 unspecified atom stereocenters. The number of nitrogens with one attached hydrogen (secondary N) is 1. The molecule has 0 spiro atoms. The maximum Gasteiger partial charge on any atom is 0.326 e. The van der Waals surface area contributed by atoms with Crippen LogP contribution in [-0.4, -0.2) is 41.9 Å². The van der Waals surface area contributed by atoms with Crippen LogP contribution in [0, 0.1) is 20.8 Å². The molecule has 26 heavy (non-hydrogen) atoms. The van der Waals surface area contributed by atoms with Crippen molar-refractivity contribution in [2.75, 3.05) is 18.4 Å². The fourth-order valence-electron chi connectivity index (χ4n) is 3.25. The molecule has 0 radical (unpaired) electrons. The smallest absolute Gasteiger partial charge is 0.326 e. The van der Waals surface area contributed by atoms with E-state index in [1.165, 1.54) is 11.8 Å². The van der Waals surface area contributed by atoms with Crippen LogP contribution < -0.4 is 5.32 Å². The van der Waals surface area contributed by atoms with Crippen LogP contribution in [-0.2, 0) is 19.1 Å². The van der Waals surface area contributed by atoms with Crippen LogP contribution in [0.3, 0.4) is 0 Å². The third-order valence-corrected chi connectivity index (χ3v) is 4.59. The first-order valence-electron chi connectivity index (χ1n) is 9.14. The average molecular weight is 360 g/mol. The molecule has 1 N–H and O–H groups in total. The van der Waals surface area contributed by atoms with Gasteiger partial charge in [0.15, 0.2) is 6.10 Å². The van der Waals surface area contributed by atoms with Gasteiger partial charge in [-0.25, -0.2) is 0 Å². The molecule has 2 rings (SSSR count). The van der Waals surface area contributed by atoms with Gasteiger partial charge in [-0.1, -0.05) is 24.1 Å². The van der Waals surface area contributed by atoms with Gasteiger partial charge in [0.1, 0.15) is 6.54 Å². The van der Waals surface area contributed by atoms with Crippen LogP contribution in [0.25, 0.3) is 0 Å². The van der Waals surface area contributed by atoms with Crippen molar-refractivity contribution in [1.82, 2.24) is 4.90 Å². The van der Waals surface area contributed by atoms with E-state index in [9.17, 15) is 14.4 Å². The Kier molecular flexibility index (Phi) is 6.77. The van der Waals surface area contributed by atoms with Crippen molar-refractivity contribution < 1.29 is 19.1 Å². The molecule has 2 amide bonds. The molecule has 0 bridgehead atoms. The number of hydrogen-bond acceptors (Lipinski definition) is 4. The van der Waals surface area contributed by atoms with Crippen LogP contribution in [0.15, 0.2) is 12.1 Å². The minimum atomic E-state index is -0.926. The highest BCUT2D eigenvalue weighted by Crippen LogP contribution is 2.22. The Hall–Kier alpha value is -2.37. The lowest BCUT2D eigenvalue weighted by atomic mass is 10.0. The quantitative estimate of drug-likeness (QED) is 0.819. The number of benzene rings is 1. The van der Waals surface area contributed by atoms with E-state index < -0.39 is 12.1 Å². The maximum atomic E-state index is 12.4. The first-order chi connectivity index (χ1) is 12.3. The lowest BCUT2D eigenvalue weighted by Crippen LogP contribution is -2.39. The van der Waals surface area contributed by atoms with Crippen LogP contribution >= 0.6 is 0 Å². The Morgan fingerprint density at radius 2 is 1.81 bits per heavy atom. The number of carbonyl (C=O) groups is 3. The van der Waals surface area contributed by atoms with E-state index in [1.54, 1.807) is 0 Å². The second kappa shape index (κ2) is 8.83. The molecule has 1 atom stereocenters.